The lowest BCUT2D eigenvalue weighted by Crippen LogP contribution is -2.29. The first-order valence-corrected chi connectivity index (χ1v) is 6.04. The third kappa shape index (κ3) is 3.67. The molecular weight excluding hydrogens is 277 g/mol. The van der Waals surface area contributed by atoms with Gasteiger partial charge in [0, 0.05) is 10.2 Å². The van der Waals surface area contributed by atoms with Crippen LogP contribution in [0.1, 0.15) is 13.8 Å². The molecular formula is C11H15BrClNO. The highest BCUT2D eigenvalue weighted by atomic mass is 79.9. The molecule has 0 radical (unpaired) electrons. The van der Waals surface area contributed by atoms with Gasteiger partial charge >= 0.3 is 0 Å². The molecule has 0 heterocycles. The summed E-state index contributed by atoms with van der Waals surface area (Å²) in [6.45, 7) is 4.26. The Labute approximate surface area is 104 Å². The van der Waals surface area contributed by atoms with E-state index in [1.54, 1.807) is 0 Å². The summed E-state index contributed by atoms with van der Waals surface area (Å²) in [5, 5.41) is 13.1. The maximum absolute atomic E-state index is 9.18. The van der Waals surface area contributed by atoms with Crippen LogP contribution < -0.4 is 5.32 Å². The lowest BCUT2D eigenvalue weighted by Gasteiger charge is -2.21. The van der Waals surface area contributed by atoms with Crippen molar-refractivity contribution in [3.05, 3.63) is 27.7 Å². The van der Waals surface area contributed by atoms with Crippen molar-refractivity contribution in [3.8, 4) is 0 Å². The van der Waals surface area contributed by atoms with Crippen LogP contribution in [-0.4, -0.2) is 17.8 Å². The van der Waals surface area contributed by atoms with Gasteiger partial charge in [0.15, 0.2) is 0 Å². The predicted molar refractivity (Wildman–Crippen MR) is 68.5 cm³/mol. The van der Waals surface area contributed by atoms with Crippen molar-refractivity contribution in [2.24, 2.45) is 5.92 Å². The molecule has 2 N–H and O–H groups in total. The fourth-order valence-electron chi connectivity index (χ4n) is 1.22. The molecule has 0 aliphatic rings. The van der Waals surface area contributed by atoms with E-state index in [0.29, 0.717) is 10.9 Å². The van der Waals surface area contributed by atoms with Crippen LogP contribution in [0, 0.1) is 5.92 Å². The number of aliphatic hydroxyl groups excluding tert-OH is 1. The van der Waals surface area contributed by atoms with E-state index in [1.165, 1.54) is 0 Å². The van der Waals surface area contributed by atoms with Gasteiger partial charge in [0.2, 0.25) is 0 Å². The van der Waals surface area contributed by atoms with E-state index < -0.39 is 0 Å². The van der Waals surface area contributed by atoms with Crippen molar-refractivity contribution in [2.45, 2.75) is 19.9 Å². The Balaban J connectivity index is 2.75. The van der Waals surface area contributed by atoms with Crippen LogP contribution in [0.3, 0.4) is 0 Å². The first kappa shape index (κ1) is 12.8. The molecule has 0 amide bonds. The molecule has 0 aromatic heterocycles. The van der Waals surface area contributed by atoms with Crippen molar-refractivity contribution >= 4 is 33.2 Å². The number of hydrogen-bond acceptors (Lipinski definition) is 2. The van der Waals surface area contributed by atoms with Crippen LogP contribution in [0.4, 0.5) is 5.69 Å². The summed E-state index contributed by atoms with van der Waals surface area (Å²) in [4.78, 5) is 0. The lowest BCUT2D eigenvalue weighted by molar-refractivity contribution is 0.249. The van der Waals surface area contributed by atoms with E-state index in [4.69, 9.17) is 11.6 Å². The monoisotopic (exact) mass is 291 g/mol. The Bertz CT molecular complexity index is 330. The standard InChI is InChI=1S/C11H15BrClNO/c1-7(2)11(6-15)14-8-3-4-10(13)9(12)5-8/h3-5,7,11,14-15H,6H2,1-2H3. The molecule has 0 saturated carbocycles. The normalized spacial score (nSPS) is 12.9. The van der Waals surface area contributed by atoms with Crippen molar-refractivity contribution in [2.75, 3.05) is 11.9 Å². The first-order chi connectivity index (χ1) is 7.04. The third-order valence-corrected chi connectivity index (χ3v) is 3.49. The predicted octanol–water partition coefficient (Wildman–Crippen LogP) is 3.53. The minimum atomic E-state index is 0.0677. The van der Waals surface area contributed by atoms with E-state index >= 15 is 0 Å². The highest BCUT2D eigenvalue weighted by Gasteiger charge is 2.11. The van der Waals surface area contributed by atoms with Gasteiger partial charge in [-0.25, -0.2) is 0 Å². The van der Waals surface area contributed by atoms with E-state index in [9.17, 15) is 5.11 Å². The van der Waals surface area contributed by atoms with Gasteiger partial charge < -0.3 is 10.4 Å². The molecule has 1 atom stereocenters. The average Bonchev–Trinajstić information content (AvgIpc) is 2.19. The molecule has 15 heavy (non-hydrogen) atoms. The number of nitrogens with one attached hydrogen (secondary N) is 1. The highest BCUT2D eigenvalue weighted by molar-refractivity contribution is 9.10. The van der Waals surface area contributed by atoms with E-state index in [0.717, 1.165) is 10.2 Å². The SMILES string of the molecule is CC(C)C(CO)Nc1ccc(Cl)c(Br)c1. The summed E-state index contributed by atoms with van der Waals surface area (Å²) < 4.78 is 0.856. The Morgan fingerprint density at radius 1 is 1.47 bits per heavy atom. The van der Waals surface area contributed by atoms with Gasteiger partial charge in [-0.3, -0.25) is 0 Å². The molecule has 4 heteroatoms. The zero-order chi connectivity index (χ0) is 11.4. The van der Waals surface area contributed by atoms with Crippen LogP contribution in [-0.2, 0) is 0 Å². The molecule has 84 valence electrons. The second-order valence-electron chi connectivity index (χ2n) is 3.81. The van der Waals surface area contributed by atoms with Crippen molar-refractivity contribution in [3.63, 3.8) is 0 Å². The van der Waals surface area contributed by atoms with Gasteiger partial charge in [-0.2, -0.15) is 0 Å². The maximum atomic E-state index is 9.18. The van der Waals surface area contributed by atoms with Crippen molar-refractivity contribution < 1.29 is 5.11 Å². The topological polar surface area (TPSA) is 32.3 Å². The molecule has 2 nitrogen and oxygen atoms in total. The molecule has 0 aliphatic carbocycles. The smallest absolute Gasteiger partial charge is 0.0635 e. The van der Waals surface area contributed by atoms with Crippen LogP contribution in [0.2, 0.25) is 5.02 Å². The van der Waals surface area contributed by atoms with Crippen LogP contribution in [0.15, 0.2) is 22.7 Å². The Kier molecular flexibility index (Phi) is 4.90. The summed E-state index contributed by atoms with van der Waals surface area (Å²) in [5.41, 5.74) is 0.957. The third-order valence-electron chi connectivity index (χ3n) is 2.27. The minimum absolute atomic E-state index is 0.0677. The van der Waals surface area contributed by atoms with Gasteiger partial charge in [-0.1, -0.05) is 25.4 Å². The number of rotatable bonds is 4. The summed E-state index contributed by atoms with van der Waals surface area (Å²) >= 11 is 9.25. The molecule has 1 unspecified atom stereocenters. The molecule has 0 aliphatic heterocycles. The average molecular weight is 293 g/mol. The first-order valence-electron chi connectivity index (χ1n) is 4.87. The summed E-state index contributed by atoms with van der Waals surface area (Å²) in [6.07, 6.45) is 0. The quantitative estimate of drug-likeness (QED) is 0.890. The van der Waals surface area contributed by atoms with Crippen molar-refractivity contribution in [1.29, 1.82) is 0 Å². The second-order valence-corrected chi connectivity index (χ2v) is 5.07. The Morgan fingerprint density at radius 2 is 2.13 bits per heavy atom. The van der Waals surface area contributed by atoms with E-state index in [2.05, 4.69) is 35.1 Å². The number of halogens is 2. The van der Waals surface area contributed by atoms with Gasteiger partial charge in [0.1, 0.15) is 0 Å². The maximum Gasteiger partial charge on any atom is 0.0635 e. The minimum Gasteiger partial charge on any atom is -0.394 e. The zero-order valence-corrected chi connectivity index (χ0v) is 11.1. The second kappa shape index (κ2) is 5.73. The van der Waals surface area contributed by atoms with Gasteiger partial charge in [0.25, 0.3) is 0 Å². The van der Waals surface area contributed by atoms with E-state index in [1.807, 2.05) is 18.2 Å². The van der Waals surface area contributed by atoms with Gasteiger partial charge in [0.05, 0.1) is 17.7 Å². The molecule has 1 aromatic rings. The molecule has 0 fully saturated rings. The van der Waals surface area contributed by atoms with E-state index in [-0.39, 0.29) is 12.6 Å². The molecule has 1 rings (SSSR count). The van der Waals surface area contributed by atoms with Crippen LogP contribution in [0.5, 0.6) is 0 Å². The van der Waals surface area contributed by atoms with Gasteiger partial charge in [-0.15, -0.1) is 0 Å². The zero-order valence-electron chi connectivity index (χ0n) is 8.80. The highest BCUT2D eigenvalue weighted by Crippen LogP contribution is 2.26. The largest absolute Gasteiger partial charge is 0.394 e. The Hall–Kier alpha value is -0.250. The molecule has 0 spiro atoms. The summed E-state index contributed by atoms with van der Waals surface area (Å²) in [5.74, 6) is 0.379. The summed E-state index contributed by atoms with van der Waals surface area (Å²) in [6, 6.07) is 5.70. The van der Waals surface area contributed by atoms with Gasteiger partial charge in [-0.05, 0) is 40.0 Å². The van der Waals surface area contributed by atoms with Crippen LogP contribution in [0.25, 0.3) is 0 Å². The van der Waals surface area contributed by atoms with Crippen LogP contribution >= 0.6 is 27.5 Å². The fourth-order valence-corrected chi connectivity index (χ4v) is 1.72. The molecule has 0 bridgehead atoms. The number of benzene rings is 1. The summed E-state index contributed by atoms with van der Waals surface area (Å²) in [7, 11) is 0. The fraction of sp³-hybridized carbons (Fsp3) is 0.455. The number of hydrogen-bond donors (Lipinski definition) is 2. The number of anilines is 1. The number of aliphatic hydroxyl groups is 1. The van der Waals surface area contributed by atoms with Crippen molar-refractivity contribution in [1.82, 2.24) is 0 Å². The molecule has 1 aromatic carbocycles. The Morgan fingerprint density at radius 3 is 2.60 bits per heavy atom. The lowest BCUT2D eigenvalue weighted by atomic mass is 10.1. The molecule has 0 saturated heterocycles.